The van der Waals surface area contributed by atoms with Crippen LogP contribution in [0.3, 0.4) is 0 Å². The summed E-state index contributed by atoms with van der Waals surface area (Å²) < 4.78 is 29.9. The van der Waals surface area contributed by atoms with Gasteiger partial charge in [0, 0.05) is 19.0 Å². The molecule has 1 unspecified atom stereocenters. The molecule has 1 aliphatic heterocycles. The number of hydrogen-bond donors (Lipinski definition) is 1. The van der Waals surface area contributed by atoms with Crippen molar-refractivity contribution >= 4 is 5.91 Å². The van der Waals surface area contributed by atoms with Gasteiger partial charge in [-0.3, -0.25) is 9.36 Å². The van der Waals surface area contributed by atoms with E-state index in [9.17, 15) is 13.6 Å². The van der Waals surface area contributed by atoms with Crippen LogP contribution in [0.5, 0.6) is 0 Å². The highest BCUT2D eigenvalue weighted by molar-refractivity contribution is 5.77. The van der Waals surface area contributed by atoms with E-state index >= 15 is 0 Å². The molecule has 1 atom stereocenters. The SMILES string of the molecule is Cc1cc(F)c(CC(N)CC(=O)N2Cc3ccccc3-n3c(C)nnc3C2)cc1F. The van der Waals surface area contributed by atoms with Gasteiger partial charge >= 0.3 is 0 Å². The molecule has 1 amide bonds. The van der Waals surface area contributed by atoms with E-state index in [1.165, 1.54) is 6.92 Å². The van der Waals surface area contributed by atoms with Crippen LogP contribution in [0, 0.1) is 25.5 Å². The first kappa shape index (κ1) is 20.2. The lowest BCUT2D eigenvalue weighted by atomic mass is 10.0. The molecule has 2 N–H and O–H groups in total. The standard InChI is InChI=1S/C22H23F2N5O/c1-13-7-19(24)16(9-18(13)23)8-17(25)10-22(30)28-11-15-5-3-4-6-20(15)29-14(2)26-27-21(29)12-28/h3-7,9,17H,8,10-12,25H2,1-2H3. The third-order valence-corrected chi connectivity index (χ3v) is 5.42. The number of rotatable bonds is 4. The van der Waals surface area contributed by atoms with Gasteiger partial charge < -0.3 is 10.6 Å². The fraction of sp³-hybridized carbons (Fsp3) is 0.318. The van der Waals surface area contributed by atoms with Gasteiger partial charge in [-0.05, 0) is 55.2 Å². The van der Waals surface area contributed by atoms with E-state index in [4.69, 9.17) is 5.73 Å². The summed E-state index contributed by atoms with van der Waals surface area (Å²) in [6.45, 7) is 4.09. The number of nitrogens with two attached hydrogens (primary N) is 1. The first-order chi connectivity index (χ1) is 14.3. The molecule has 0 saturated carbocycles. The second-order valence-corrected chi connectivity index (χ2v) is 7.74. The van der Waals surface area contributed by atoms with Crippen molar-refractivity contribution in [2.45, 2.75) is 45.8 Å². The number of aryl methyl sites for hydroxylation is 2. The minimum absolute atomic E-state index is 0.0181. The highest BCUT2D eigenvalue weighted by Gasteiger charge is 2.26. The minimum atomic E-state index is -0.632. The van der Waals surface area contributed by atoms with Crippen molar-refractivity contribution < 1.29 is 13.6 Å². The summed E-state index contributed by atoms with van der Waals surface area (Å²) in [4.78, 5) is 14.7. The lowest BCUT2D eigenvalue weighted by Gasteiger charge is -2.22. The number of aromatic nitrogens is 3. The normalized spacial score (nSPS) is 14.1. The summed E-state index contributed by atoms with van der Waals surface area (Å²) in [6, 6.07) is 9.48. The number of halogens is 2. The molecule has 1 aromatic heterocycles. The number of carbonyl (C=O) groups is 1. The van der Waals surface area contributed by atoms with Gasteiger partial charge in [-0.25, -0.2) is 8.78 Å². The van der Waals surface area contributed by atoms with E-state index in [-0.39, 0.29) is 29.9 Å². The van der Waals surface area contributed by atoms with Crippen molar-refractivity contribution in [3.63, 3.8) is 0 Å². The van der Waals surface area contributed by atoms with E-state index in [1.807, 2.05) is 35.8 Å². The van der Waals surface area contributed by atoms with Gasteiger partial charge in [0.25, 0.3) is 0 Å². The van der Waals surface area contributed by atoms with Gasteiger partial charge in [0.15, 0.2) is 5.82 Å². The smallest absolute Gasteiger partial charge is 0.224 e. The summed E-state index contributed by atoms with van der Waals surface area (Å²) in [5.74, 6) is 0.263. The quantitative estimate of drug-likeness (QED) is 0.716. The number of fused-ring (bicyclic) bond motifs is 3. The second kappa shape index (κ2) is 7.95. The topological polar surface area (TPSA) is 77.0 Å². The molecule has 156 valence electrons. The Morgan fingerprint density at radius 2 is 1.90 bits per heavy atom. The third kappa shape index (κ3) is 3.82. The Balaban J connectivity index is 1.52. The highest BCUT2D eigenvalue weighted by atomic mass is 19.1. The largest absolute Gasteiger partial charge is 0.331 e. The van der Waals surface area contributed by atoms with Gasteiger partial charge in [0.05, 0.1) is 12.2 Å². The van der Waals surface area contributed by atoms with Crippen LogP contribution in [0.25, 0.3) is 5.69 Å². The van der Waals surface area contributed by atoms with Crippen LogP contribution in [0.1, 0.15) is 34.8 Å². The van der Waals surface area contributed by atoms with Gasteiger partial charge in [-0.15, -0.1) is 10.2 Å². The van der Waals surface area contributed by atoms with Crippen LogP contribution in [-0.4, -0.2) is 31.6 Å². The minimum Gasteiger partial charge on any atom is -0.331 e. The van der Waals surface area contributed by atoms with E-state index in [2.05, 4.69) is 10.2 Å². The van der Waals surface area contributed by atoms with Gasteiger partial charge in [0.2, 0.25) is 5.91 Å². The molecular formula is C22H23F2N5O. The maximum Gasteiger partial charge on any atom is 0.224 e. The second-order valence-electron chi connectivity index (χ2n) is 7.74. The maximum atomic E-state index is 14.1. The van der Waals surface area contributed by atoms with Crippen LogP contribution >= 0.6 is 0 Å². The number of benzene rings is 2. The first-order valence-electron chi connectivity index (χ1n) is 9.80. The van der Waals surface area contributed by atoms with Crippen LogP contribution in [-0.2, 0) is 24.3 Å². The zero-order valence-corrected chi connectivity index (χ0v) is 16.9. The number of nitrogens with zero attached hydrogens (tertiary/aromatic N) is 4. The van der Waals surface area contributed by atoms with Crippen LogP contribution in [0.2, 0.25) is 0 Å². The van der Waals surface area contributed by atoms with Gasteiger partial charge in [-0.2, -0.15) is 0 Å². The number of carbonyl (C=O) groups excluding carboxylic acids is 1. The molecule has 8 heteroatoms. The number of amides is 1. The molecule has 0 spiro atoms. The predicted molar refractivity (Wildman–Crippen MR) is 108 cm³/mol. The lowest BCUT2D eigenvalue weighted by Crippen LogP contribution is -2.36. The maximum absolute atomic E-state index is 14.1. The molecule has 6 nitrogen and oxygen atoms in total. The molecule has 2 heterocycles. The summed E-state index contributed by atoms with van der Waals surface area (Å²) in [7, 11) is 0. The molecule has 0 aliphatic carbocycles. The summed E-state index contributed by atoms with van der Waals surface area (Å²) >= 11 is 0. The van der Waals surface area contributed by atoms with Crippen molar-refractivity contribution in [1.82, 2.24) is 19.7 Å². The third-order valence-electron chi connectivity index (χ3n) is 5.42. The van der Waals surface area contributed by atoms with Crippen molar-refractivity contribution in [2.24, 2.45) is 5.73 Å². The molecular weight excluding hydrogens is 388 g/mol. The Hall–Kier alpha value is -3.13. The van der Waals surface area contributed by atoms with E-state index in [0.717, 1.165) is 29.2 Å². The molecule has 30 heavy (non-hydrogen) atoms. The predicted octanol–water partition coefficient (Wildman–Crippen LogP) is 2.96. The average molecular weight is 411 g/mol. The molecule has 4 rings (SSSR count). The van der Waals surface area contributed by atoms with E-state index < -0.39 is 17.7 Å². The molecule has 0 radical (unpaired) electrons. The van der Waals surface area contributed by atoms with Gasteiger partial charge in [0.1, 0.15) is 17.5 Å². The summed E-state index contributed by atoms with van der Waals surface area (Å²) in [6.07, 6.45) is 0.0959. The Morgan fingerprint density at radius 3 is 2.70 bits per heavy atom. The van der Waals surface area contributed by atoms with Crippen molar-refractivity contribution in [3.8, 4) is 5.69 Å². The van der Waals surface area contributed by atoms with Crippen LogP contribution < -0.4 is 5.73 Å². The lowest BCUT2D eigenvalue weighted by molar-refractivity contribution is -0.132. The summed E-state index contributed by atoms with van der Waals surface area (Å²) in [5, 5.41) is 8.37. The monoisotopic (exact) mass is 411 g/mol. The molecule has 2 aromatic carbocycles. The Morgan fingerprint density at radius 1 is 1.13 bits per heavy atom. The first-order valence-corrected chi connectivity index (χ1v) is 9.80. The molecule has 0 saturated heterocycles. The fourth-order valence-corrected chi connectivity index (χ4v) is 3.85. The number of hydrogen-bond acceptors (Lipinski definition) is 4. The van der Waals surface area contributed by atoms with E-state index in [1.54, 1.807) is 4.90 Å². The molecule has 1 aliphatic rings. The van der Waals surface area contributed by atoms with Crippen LogP contribution in [0.4, 0.5) is 8.78 Å². The van der Waals surface area contributed by atoms with Crippen molar-refractivity contribution in [3.05, 3.63) is 76.4 Å². The average Bonchev–Trinajstić information content (AvgIpc) is 2.96. The van der Waals surface area contributed by atoms with Gasteiger partial charge in [-0.1, -0.05) is 18.2 Å². The molecule has 0 bridgehead atoms. The zero-order chi connectivity index (χ0) is 21.4. The molecule has 0 fully saturated rings. The molecule has 3 aromatic rings. The Labute approximate surface area is 173 Å². The van der Waals surface area contributed by atoms with Crippen molar-refractivity contribution in [1.29, 1.82) is 0 Å². The van der Waals surface area contributed by atoms with Crippen molar-refractivity contribution in [2.75, 3.05) is 0 Å². The van der Waals surface area contributed by atoms with E-state index in [0.29, 0.717) is 18.9 Å². The number of para-hydroxylation sites is 1. The Kier molecular flexibility index (Phi) is 5.34. The Bertz CT molecular complexity index is 1110. The van der Waals surface area contributed by atoms with Crippen LogP contribution in [0.15, 0.2) is 36.4 Å². The highest BCUT2D eigenvalue weighted by Crippen LogP contribution is 2.25. The summed E-state index contributed by atoms with van der Waals surface area (Å²) in [5.41, 5.74) is 8.48. The zero-order valence-electron chi connectivity index (χ0n) is 16.9. The fourth-order valence-electron chi connectivity index (χ4n) is 3.85.